The van der Waals surface area contributed by atoms with Crippen molar-refractivity contribution in [2.24, 2.45) is 5.84 Å². The molecule has 0 bridgehead atoms. The molecule has 90 valence electrons. The van der Waals surface area contributed by atoms with E-state index in [1.54, 1.807) is 0 Å². The van der Waals surface area contributed by atoms with Crippen LogP contribution in [0, 0.1) is 0 Å². The van der Waals surface area contributed by atoms with Crippen LogP contribution >= 0.6 is 23.4 Å². The lowest BCUT2D eigenvalue weighted by atomic mass is 10.7. The molecule has 0 aromatic carbocycles. The summed E-state index contributed by atoms with van der Waals surface area (Å²) in [5, 5.41) is 0.880. The molecule has 0 aliphatic rings. The van der Waals surface area contributed by atoms with Gasteiger partial charge in [0.2, 0.25) is 5.95 Å². The summed E-state index contributed by atoms with van der Waals surface area (Å²) in [6.07, 6.45) is 2.59. The summed E-state index contributed by atoms with van der Waals surface area (Å²) >= 11 is 7.08. The van der Waals surface area contributed by atoms with Gasteiger partial charge < -0.3 is 0 Å². The molecule has 0 atom stereocenters. The number of nitrogens with one attached hydrogen (secondary N) is 1. The van der Waals surface area contributed by atoms with Crippen LogP contribution in [0.25, 0.3) is 0 Å². The Hall–Kier alpha value is -0.570. The largest absolute Gasteiger partial charge is 0.292 e. The zero-order valence-electron chi connectivity index (χ0n) is 8.47. The number of aromatic nitrogens is 2. The maximum atomic E-state index is 10.9. The van der Waals surface area contributed by atoms with Crippen LogP contribution in [0.15, 0.2) is 11.2 Å². The lowest BCUT2D eigenvalue weighted by Crippen LogP contribution is -2.11. The molecule has 0 fully saturated rings. The fraction of sp³-hybridized carbons (Fsp3) is 0.429. The number of anilines is 1. The van der Waals surface area contributed by atoms with Crippen LogP contribution in [0.5, 0.6) is 0 Å². The predicted molar refractivity (Wildman–Crippen MR) is 65.3 cm³/mol. The van der Waals surface area contributed by atoms with E-state index in [1.807, 2.05) is 0 Å². The Kier molecular flexibility index (Phi) is 4.78. The number of sulfone groups is 1. The van der Waals surface area contributed by atoms with Crippen LogP contribution in [0.1, 0.15) is 0 Å². The van der Waals surface area contributed by atoms with Crippen LogP contribution in [-0.4, -0.2) is 36.1 Å². The van der Waals surface area contributed by atoms with Crippen molar-refractivity contribution in [3.05, 3.63) is 11.2 Å². The van der Waals surface area contributed by atoms with E-state index in [-0.39, 0.29) is 11.7 Å². The molecule has 16 heavy (non-hydrogen) atoms. The molecular weight excluding hydrogens is 272 g/mol. The standard InChI is InChI=1S/C7H11ClN4O2S2/c1-16(13,14)3-2-15-6-5(8)4-10-7(11-6)12-9/h4H,2-3,9H2,1H3,(H,10,11,12). The van der Waals surface area contributed by atoms with Crippen LogP contribution in [0.4, 0.5) is 5.95 Å². The first-order valence-electron chi connectivity index (χ1n) is 4.22. The highest BCUT2D eigenvalue weighted by Crippen LogP contribution is 2.24. The third-order valence-corrected chi connectivity index (χ3v) is 4.12. The van der Waals surface area contributed by atoms with E-state index in [2.05, 4.69) is 15.4 Å². The number of hydrazine groups is 1. The summed E-state index contributed by atoms with van der Waals surface area (Å²) in [5.41, 5.74) is 2.29. The Bertz CT molecular complexity index is 465. The second kappa shape index (κ2) is 5.67. The molecule has 1 aromatic heterocycles. The molecule has 0 saturated carbocycles. The molecule has 0 saturated heterocycles. The van der Waals surface area contributed by atoms with E-state index in [0.717, 1.165) is 0 Å². The number of nitrogens with zero attached hydrogens (tertiary/aromatic N) is 2. The van der Waals surface area contributed by atoms with Crippen molar-refractivity contribution >= 4 is 39.1 Å². The molecule has 1 rings (SSSR count). The summed E-state index contributed by atoms with van der Waals surface area (Å²) in [6, 6.07) is 0. The van der Waals surface area contributed by atoms with Crippen molar-refractivity contribution in [3.8, 4) is 0 Å². The minimum absolute atomic E-state index is 0.0728. The quantitative estimate of drug-likeness (QED) is 0.352. The highest BCUT2D eigenvalue weighted by molar-refractivity contribution is 8.00. The SMILES string of the molecule is CS(=O)(=O)CCSc1nc(NN)ncc1Cl. The maximum absolute atomic E-state index is 10.9. The van der Waals surface area contributed by atoms with Gasteiger partial charge in [0.15, 0.2) is 0 Å². The molecule has 0 spiro atoms. The third kappa shape index (κ3) is 4.52. The van der Waals surface area contributed by atoms with Gasteiger partial charge >= 0.3 is 0 Å². The zero-order chi connectivity index (χ0) is 12.2. The Balaban J connectivity index is 2.66. The molecule has 0 unspecified atom stereocenters. The fourth-order valence-electron chi connectivity index (χ4n) is 0.812. The van der Waals surface area contributed by atoms with Gasteiger partial charge in [0.1, 0.15) is 14.9 Å². The van der Waals surface area contributed by atoms with Crippen molar-refractivity contribution in [2.45, 2.75) is 5.03 Å². The van der Waals surface area contributed by atoms with Crippen molar-refractivity contribution in [2.75, 3.05) is 23.2 Å². The first-order chi connectivity index (χ1) is 7.42. The van der Waals surface area contributed by atoms with E-state index in [1.165, 1.54) is 24.2 Å². The van der Waals surface area contributed by atoms with Crippen LogP contribution in [0.2, 0.25) is 5.02 Å². The lowest BCUT2D eigenvalue weighted by Gasteiger charge is -2.04. The maximum Gasteiger partial charge on any atom is 0.238 e. The summed E-state index contributed by atoms with van der Waals surface area (Å²) in [6.45, 7) is 0. The molecule has 1 aromatic rings. The Morgan fingerprint density at radius 3 is 2.88 bits per heavy atom. The topological polar surface area (TPSA) is 98.0 Å². The Morgan fingerprint density at radius 2 is 2.31 bits per heavy atom. The monoisotopic (exact) mass is 282 g/mol. The summed E-state index contributed by atoms with van der Waals surface area (Å²) < 4.78 is 21.8. The summed E-state index contributed by atoms with van der Waals surface area (Å²) in [4.78, 5) is 7.80. The number of nitrogens with two attached hydrogens (primary N) is 1. The molecule has 0 radical (unpaired) electrons. The van der Waals surface area contributed by atoms with Crippen molar-refractivity contribution in [1.29, 1.82) is 0 Å². The summed E-state index contributed by atoms with van der Waals surface area (Å²) in [7, 11) is -2.97. The van der Waals surface area contributed by atoms with E-state index >= 15 is 0 Å². The average Bonchev–Trinajstić information content (AvgIpc) is 2.19. The zero-order valence-corrected chi connectivity index (χ0v) is 10.9. The number of nitrogen functional groups attached to an aromatic ring is 1. The highest BCUT2D eigenvalue weighted by Gasteiger charge is 2.08. The van der Waals surface area contributed by atoms with E-state index in [9.17, 15) is 8.42 Å². The third-order valence-electron chi connectivity index (χ3n) is 1.53. The van der Waals surface area contributed by atoms with E-state index < -0.39 is 9.84 Å². The van der Waals surface area contributed by atoms with Gasteiger partial charge in [0.05, 0.1) is 17.0 Å². The Labute approximate surface area is 103 Å². The van der Waals surface area contributed by atoms with Gasteiger partial charge in [-0.15, -0.1) is 11.8 Å². The number of halogens is 1. The minimum atomic E-state index is -2.97. The number of hydrogen-bond donors (Lipinski definition) is 2. The van der Waals surface area contributed by atoms with E-state index in [4.69, 9.17) is 17.4 Å². The fourth-order valence-corrected chi connectivity index (χ4v) is 3.15. The van der Waals surface area contributed by atoms with Crippen LogP contribution < -0.4 is 11.3 Å². The average molecular weight is 283 g/mol. The molecule has 9 heteroatoms. The van der Waals surface area contributed by atoms with Crippen molar-refractivity contribution in [3.63, 3.8) is 0 Å². The highest BCUT2D eigenvalue weighted by atomic mass is 35.5. The van der Waals surface area contributed by atoms with Gasteiger partial charge in [-0.1, -0.05) is 11.6 Å². The lowest BCUT2D eigenvalue weighted by molar-refractivity contribution is 0.603. The van der Waals surface area contributed by atoms with Crippen LogP contribution in [-0.2, 0) is 9.84 Å². The molecule has 0 aliphatic carbocycles. The molecule has 0 aliphatic heterocycles. The first kappa shape index (κ1) is 13.5. The van der Waals surface area contributed by atoms with Crippen LogP contribution in [0.3, 0.4) is 0 Å². The smallest absolute Gasteiger partial charge is 0.238 e. The second-order valence-electron chi connectivity index (χ2n) is 2.97. The normalized spacial score (nSPS) is 11.4. The van der Waals surface area contributed by atoms with E-state index in [0.29, 0.717) is 15.8 Å². The van der Waals surface area contributed by atoms with Gasteiger partial charge in [-0.05, 0) is 0 Å². The number of hydrogen-bond acceptors (Lipinski definition) is 7. The van der Waals surface area contributed by atoms with Crippen molar-refractivity contribution in [1.82, 2.24) is 9.97 Å². The molecule has 6 nitrogen and oxygen atoms in total. The number of rotatable bonds is 5. The van der Waals surface area contributed by atoms with Gasteiger partial charge in [0, 0.05) is 12.0 Å². The summed E-state index contributed by atoms with van der Waals surface area (Å²) in [5.74, 6) is 5.85. The number of thioether (sulfide) groups is 1. The first-order valence-corrected chi connectivity index (χ1v) is 7.64. The van der Waals surface area contributed by atoms with Gasteiger partial charge in [-0.25, -0.2) is 24.2 Å². The Morgan fingerprint density at radius 1 is 1.62 bits per heavy atom. The molecular formula is C7H11ClN4O2S2. The van der Waals surface area contributed by atoms with Gasteiger partial charge in [0.25, 0.3) is 0 Å². The van der Waals surface area contributed by atoms with Gasteiger partial charge in [-0.2, -0.15) is 0 Å². The molecule has 3 N–H and O–H groups in total. The van der Waals surface area contributed by atoms with Gasteiger partial charge in [-0.3, -0.25) is 5.43 Å². The molecule has 1 heterocycles. The second-order valence-corrected chi connectivity index (χ2v) is 6.72. The van der Waals surface area contributed by atoms with Crippen molar-refractivity contribution < 1.29 is 8.42 Å². The minimum Gasteiger partial charge on any atom is -0.292 e. The molecule has 0 amide bonds. The predicted octanol–water partition coefficient (Wildman–Crippen LogP) is 0.552.